The van der Waals surface area contributed by atoms with E-state index in [0.717, 1.165) is 50.9 Å². The number of rotatable bonds is 7. The second-order valence-corrected chi connectivity index (χ2v) is 7.84. The zero-order chi connectivity index (χ0) is 19.1. The van der Waals surface area contributed by atoms with Crippen LogP contribution in [0.3, 0.4) is 0 Å². The summed E-state index contributed by atoms with van der Waals surface area (Å²) in [4.78, 5) is 26.9. The van der Waals surface area contributed by atoms with E-state index >= 15 is 0 Å². The number of benzene rings is 1. The fraction of sp³-hybridized carbons (Fsp3) is 0.619. The maximum absolute atomic E-state index is 12.3. The standard InChI is InChI=1S/C21H32N4O2.2ClH/c22-19-5-3-4-18(14-19)21(27)24-15-16-6-8-17(9-7-16)20(26)23-10-13-25-11-1-2-12-25;;/h6-9,18-19H,1-5,10-15,22H2,(H,23,26)(H,24,27);2*1H. The fourth-order valence-electron chi connectivity index (χ4n) is 4.01. The number of hydrogen-bond acceptors (Lipinski definition) is 4. The van der Waals surface area contributed by atoms with E-state index in [4.69, 9.17) is 5.73 Å². The van der Waals surface area contributed by atoms with E-state index in [1.54, 1.807) is 0 Å². The summed E-state index contributed by atoms with van der Waals surface area (Å²) < 4.78 is 0. The molecule has 1 aromatic rings. The quantitative estimate of drug-likeness (QED) is 0.602. The fourth-order valence-corrected chi connectivity index (χ4v) is 4.01. The molecule has 1 aliphatic carbocycles. The summed E-state index contributed by atoms with van der Waals surface area (Å²) in [6.45, 7) is 4.37. The summed E-state index contributed by atoms with van der Waals surface area (Å²) in [7, 11) is 0. The Morgan fingerprint density at radius 3 is 2.34 bits per heavy atom. The Kier molecular flexibility index (Phi) is 11.6. The molecule has 1 saturated heterocycles. The van der Waals surface area contributed by atoms with Gasteiger partial charge in [-0.2, -0.15) is 0 Å². The molecule has 3 rings (SSSR count). The van der Waals surface area contributed by atoms with E-state index in [1.165, 1.54) is 12.8 Å². The van der Waals surface area contributed by atoms with Gasteiger partial charge >= 0.3 is 0 Å². The Morgan fingerprint density at radius 1 is 1.00 bits per heavy atom. The van der Waals surface area contributed by atoms with Gasteiger partial charge in [0.05, 0.1) is 0 Å². The van der Waals surface area contributed by atoms with E-state index in [9.17, 15) is 9.59 Å². The minimum Gasteiger partial charge on any atom is -0.352 e. The van der Waals surface area contributed by atoms with E-state index in [1.807, 2.05) is 24.3 Å². The van der Waals surface area contributed by atoms with Gasteiger partial charge in [0.25, 0.3) is 5.91 Å². The van der Waals surface area contributed by atoms with Gasteiger partial charge in [-0.25, -0.2) is 0 Å². The molecule has 4 N–H and O–H groups in total. The molecule has 6 nitrogen and oxygen atoms in total. The Labute approximate surface area is 186 Å². The zero-order valence-corrected chi connectivity index (χ0v) is 18.5. The van der Waals surface area contributed by atoms with Crippen molar-refractivity contribution in [2.75, 3.05) is 26.2 Å². The number of hydrogen-bond donors (Lipinski definition) is 3. The second kappa shape index (κ2) is 13.1. The maximum Gasteiger partial charge on any atom is 0.251 e. The van der Waals surface area contributed by atoms with Gasteiger partial charge in [0.2, 0.25) is 5.91 Å². The van der Waals surface area contributed by atoms with E-state index in [-0.39, 0.29) is 48.6 Å². The molecule has 0 radical (unpaired) electrons. The number of carbonyl (C=O) groups excluding carboxylic acids is 2. The van der Waals surface area contributed by atoms with Crippen LogP contribution in [0.1, 0.15) is 54.4 Å². The highest BCUT2D eigenvalue weighted by molar-refractivity contribution is 5.94. The third kappa shape index (κ3) is 8.13. The second-order valence-electron chi connectivity index (χ2n) is 7.84. The normalized spacial score (nSPS) is 21.6. The predicted molar refractivity (Wildman–Crippen MR) is 121 cm³/mol. The first-order valence-electron chi connectivity index (χ1n) is 10.2. The number of halogens is 2. The largest absolute Gasteiger partial charge is 0.352 e. The molecule has 2 fully saturated rings. The average molecular weight is 445 g/mol. The third-order valence-electron chi connectivity index (χ3n) is 5.68. The van der Waals surface area contributed by atoms with Crippen LogP contribution >= 0.6 is 24.8 Å². The average Bonchev–Trinajstić information content (AvgIpc) is 3.20. The van der Waals surface area contributed by atoms with Crippen LogP contribution in [0.4, 0.5) is 0 Å². The zero-order valence-electron chi connectivity index (χ0n) is 16.9. The molecular formula is C21H34Cl2N4O2. The molecule has 2 atom stereocenters. The third-order valence-corrected chi connectivity index (χ3v) is 5.68. The van der Waals surface area contributed by atoms with Gasteiger partial charge in [0, 0.05) is 37.2 Å². The summed E-state index contributed by atoms with van der Waals surface area (Å²) in [5, 5.41) is 5.98. The lowest BCUT2D eigenvalue weighted by Gasteiger charge is -2.25. The van der Waals surface area contributed by atoms with Gasteiger partial charge in [0.1, 0.15) is 0 Å². The van der Waals surface area contributed by atoms with Crippen LogP contribution < -0.4 is 16.4 Å². The first-order valence-corrected chi connectivity index (χ1v) is 10.2. The van der Waals surface area contributed by atoms with Crippen LogP contribution in [0, 0.1) is 5.92 Å². The molecule has 8 heteroatoms. The number of likely N-dealkylation sites (tertiary alicyclic amines) is 1. The Bertz CT molecular complexity index is 636. The van der Waals surface area contributed by atoms with Gasteiger partial charge in [-0.3, -0.25) is 9.59 Å². The molecule has 164 valence electrons. The van der Waals surface area contributed by atoms with Crippen molar-refractivity contribution in [1.82, 2.24) is 15.5 Å². The van der Waals surface area contributed by atoms with Crippen LogP contribution in [0.15, 0.2) is 24.3 Å². The number of amides is 2. The van der Waals surface area contributed by atoms with Gasteiger partial charge in [0.15, 0.2) is 0 Å². The maximum atomic E-state index is 12.3. The van der Waals surface area contributed by atoms with Crippen molar-refractivity contribution in [3.63, 3.8) is 0 Å². The lowest BCUT2D eigenvalue weighted by molar-refractivity contribution is -0.126. The van der Waals surface area contributed by atoms with Gasteiger partial charge in [-0.15, -0.1) is 24.8 Å². The summed E-state index contributed by atoms with van der Waals surface area (Å²) in [6.07, 6.45) is 6.28. The van der Waals surface area contributed by atoms with Crippen molar-refractivity contribution in [3.8, 4) is 0 Å². The minimum atomic E-state index is -0.0408. The van der Waals surface area contributed by atoms with Gasteiger partial charge in [-0.05, 0) is 62.9 Å². The van der Waals surface area contributed by atoms with Crippen molar-refractivity contribution in [1.29, 1.82) is 0 Å². The summed E-state index contributed by atoms with van der Waals surface area (Å²) in [5.74, 6) is 0.0873. The first kappa shape index (κ1) is 25.7. The SMILES string of the molecule is Cl.Cl.NC1CCCC(C(=O)NCc2ccc(C(=O)NCCN3CCCC3)cc2)C1. The minimum absolute atomic E-state index is 0. The van der Waals surface area contributed by atoms with E-state index < -0.39 is 0 Å². The van der Waals surface area contributed by atoms with Crippen LogP contribution in [0.2, 0.25) is 0 Å². The van der Waals surface area contributed by atoms with Crippen LogP contribution in [-0.2, 0) is 11.3 Å². The number of carbonyl (C=O) groups is 2. The van der Waals surface area contributed by atoms with Crippen molar-refractivity contribution in [3.05, 3.63) is 35.4 Å². The highest BCUT2D eigenvalue weighted by Gasteiger charge is 2.24. The Hall–Kier alpha value is -1.34. The number of nitrogens with one attached hydrogen (secondary N) is 2. The molecule has 1 aliphatic heterocycles. The van der Waals surface area contributed by atoms with Gasteiger partial charge < -0.3 is 21.3 Å². The summed E-state index contributed by atoms with van der Waals surface area (Å²) >= 11 is 0. The molecule has 2 amide bonds. The smallest absolute Gasteiger partial charge is 0.251 e. The Balaban J connectivity index is 0.00000210. The van der Waals surface area contributed by atoms with Crippen molar-refractivity contribution < 1.29 is 9.59 Å². The topological polar surface area (TPSA) is 87.5 Å². The van der Waals surface area contributed by atoms with Crippen molar-refractivity contribution in [2.45, 2.75) is 51.1 Å². The summed E-state index contributed by atoms with van der Waals surface area (Å²) in [6, 6.07) is 7.61. The lowest BCUT2D eigenvalue weighted by atomic mass is 9.85. The highest BCUT2D eigenvalue weighted by atomic mass is 35.5. The van der Waals surface area contributed by atoms with Crippen molar-refractivity contribution >= 4 is 36.6 Å². The number of nitrogens with two attached hydrogens (primary N) is 1. The summed E-state index contributed by atoms with van der Waals surface area (Å²) in [5.41, 5.74) is 7.62. The van der Waals surface area contributed by atoms with Gasteiger partial charge in [-0.1, -0.05) is 18.6 Å². The molecule has 2 aliphatic rings. The van der Waals surface area contributed by atoms with Crippen LogP contribution in [0.5, 0.6) is 0 Å². The molecule has 1 saturated carbocycles. The molecule has 1 aromatic carbocycles. The number of nitrogens with zero attached hydrogens (tertiary/aromatic N) is 1. The lowest BCUT2D eigenvalue weighted by Crippen LogP contribution is -2.37. The highest BCUT2D eigenvalue weighted by Crippen LogP contribution is 2.23. The molecule has 0 bridgehead atoms. The first-order chi connectivity index (χ1) is 13.1. The van der Waals surface area contributed by atoms with Crippen LogP contribution in [-0.4, -0.2) is 48.9 Å². The van der Waals surface area contributed by atoms with E-state index in [0.29, 0.717) is 18.7 Å². The van der Waals surface area contributed by atoms with E-state index in [2.05, 4.69) is 15.5 Å². The molecule has 0 spiro atoms. The molecular weight excluding hydrogens is 411 g/mol. The molecule has 1 heterocycles. The Morgan fingerprint density at radius 2 is 1.69 bits per heavy atom. The molecule has 29 heavy (non-hydrogen) atoms. The molecule has 2 unspecified atom stereocenters. The predicted octanol–water partition coefficient (Wildman–Crippen LogP) is 2.49. The van der Waals surface area contributed by atoms with Crippen molar-refractivity contribution in [2.24, 2.45) is 11.7 Å². The monoisotopic (exact) mass is 444 g/mol. The molecule has 0 aromatic heterocycles. The van der Waals surface area contributed by atoms with Crippen LogP contribution in [0.25, 0.3) is 0 Å².